The van der Waals surface area contributed by atoms with Crippen LogP contribution in [0.15, 0.2) is 97.3 Å². The molecule has 2 N–H and O–H groups in total. The molecule has 2 aromatic heterocycles. The predicted molar refractivity (Wildman–Crippen MR) is 149 cm³/mol. The third kappa shape index (κ3) is 5.34. The van der Waals surface area contributed by atoms with Gasteiger partial charge in [0, 0.05) is 42.6 Å². The summed E-state index contributed by atoms with van der Waals surface area (Å²) in [6, 6.07) is 27.5. The highest BCUT2D eigenvalue weighted by Crippen LogP contribution is 2.39. The van der Waals surface area contributed by atoms with Gasteiger partial charge in [0.25, 0.3) is 0 Å². The number of methoxy groups -OCH3 is 1. The molecule has 8 heteroatoms. The maximum atomic E-state index is 12.2. The van der Waals surface area contributed by atoms with Gasteiger partial charge in [-0.05, 0) is 73.2 Å². The van der Waals surface area contributed by atoms with E-state index in [4.69, 9.17) is 17.0 Å². The van der Waals surface area contributed by atoms with Gasteiger partial charge in [-0.2, -0.15) is 0 Å². The summed E-state index contributed by atoms with van der Waals surface area (Å²) < 4.78 is 7.04. The van der Waals surface area contributed by atoms with E-state index in [1.165, 1.54) is 7.11 Å². The zero-order valence-electron chi connectivity index (χ0n) is 20.6. The fraction of sp³-hybridized carbons (Fsp3) is 0.207. The highest BCUT2D eigenvalue weighted by Gasteiger charge is 2.41. The molecule has 1 aliphatic heterocycles. The summed E-state index contributed by atoms with van der Waals surface area (Å²) in [6.45, 7) is 1.60. The molecule has 2 atom stereocenters. The third-order valence-corrected chi connectivity index (χ3v) is 6.86. The molecular formula is C29H29N5O2S. The van der Waals surface area contributed by atoms with Crippen molar-refractivity contribution < 1.29 is 9.53 Å². The van der Waals surface area contributed by atoms with Crippen molar-refractivity contribution in [2.75, 3.05) is 25.5 Å². The summed E-state index contributed by atoms with van der Waals surface area (Å²) in [4.78, 5) is 19.1. The Hall–Kier alpha value is -4.17. The predicted octanol–water partition coefficient (Wildman–Crippen LogP) is 5.13. The number of thiocarbonyl (C=S) groups is 1. The van der Waals surface area contributed by atoms with Crippen molar-refractivity contribution in [1.82, 2.24) is 19.8 Å². The van der Waals surface area contributed by atoms with E-state index in [0.717, 1.165) is 42.3 Å². The van der Waals surface area contributed by atoms with Crippen LogP contribution in [0.4, 0.5) is 5.69 Å². The first-order chi connectivity index (χ1) is 18.2. The summed E-state index contributed by atoms with van der Waals surface area (Å²) >= 11 is 5.84. The van der Waals surface area contributed by atoms with Gasteiger partial charge in [0.1, 0.15) is 0 Å². The second-order valence-corrected chi connectivity index (χ2v) is 9.20. The SMILES string of the molecule is COC(=O)c1cccc(-n2cccc2[C@H]2[C@H](c3ccccn3)NC(=S)N2CCCNc2ccccc2)c1. The zero-order valence-corrected chi connectivity index (χ0v) is 21.4. The van der Waals surface area contributed by atoms with Crippen molar-refractivity contribution in [3.8, 4) is 5.69 Å². The average molecular weight is 512 g/mol. The van der Waals surface area contributed by atoms with Gasteiger partial charge in [-0.25, -0.2) is 4.79 Å². The number of ether oxygens (including phenoxy) is 1. The van der Waals surface area contributed by atoms with Crippen LogP contribution < -0.4 is 10.6 Å². The first-order valence-electron chi connectivity index (χ1n) is 12.3. The minimum Gasteiger partial charge on any atom is -0.465 e. The van der Waals surface area contributed by atoms with Gasteiger partial charge in [0.2, 0.25) is 0 Å². The molecule has 5 rings (SSSR count). The number of esters is 1. The van der Waals surface area contributed by atoms with Gasteiger partial charge in [-0.1, -0.05) is 30.3 Å². The Bertz CT molecular complexity index is 1360. The van der Waals surface area contributed by atoms with E-state index in [1.807, 2.05) is 73.1 Å². The average Bonchev–Trinajstić information content (AvgIpc) is 3.56. The van der Waals surface area contributed by atoms with Crippen LogP contribution in [-0.4, -0.2) is 45.7 Å². The van der Waals surface area contributed by atoms with Crippen molar-refractivity contribution in [3.05, 3.63) is 114 Å². The number of para-hydroxylation sites is 1. The van der Waals surface area contributed by atoms with E-state index in [0.29, 0.717) is 10.7 Å². The van der Waals surface area contributed by atoms with Crippen LogP contribution in [-0.2, 0) is 4.74 Å². The lowest BCUT2D eigenvalue weighted by Gasteiger charge is -2.29. The summed E-state index contributed by atoms with van der Waals surface area (Å²) in [5, 5.41) is 7.71. The van der Waals surface area contributed by atoms with Gasteiger partial charge in [-0.3, -0.25) is 4.98 Å². The first kappa shape index (κ1) is 24.5. The number of hydrogen-bond acceptors (Lipinski definition) is 5. The number of nitrogens with one attached hydrogen (secondary N) is 2. The number of benzene rings is 2. The lowest BCUT2D eigenvalue weighted by atomic mass is 10.0. The van der Waals surface area contributed by atoms with Gasteiger partial charge in [-0.15, -0.1) is 0 Å². The molecule has 0 amide bonds. The molecule has 4 aromatic rings. The second-order valence-electron chi connectivity index (χ2n) is 8.81. The largest absolute Gasteiger partial charge is 0.465 e. The minimum atomic E-state index is -0.363. The van der Waals surface area contributed by atoms with Crippen LogP contribution in [0, 0.1) is 0 Å². The van der Waals surface area contributed by atoms with Crippen LogP contribution >= 0.6 is 12.2 Å². The third-order valence-electron chi connectivity index (χ3n) is 6.51. The highest BCUT2D eigenvalue weighted by atomic mass is 32.1. The monoisotopic (exact) mass is 511 g/mol. The molecule has 0 saturated carbocycles. The Labute approximate surface area is 222 Å². The van der Waals surface area contributed by atoms with E-state index >= 15 is 0 Å². The lowest BCUT2D eigenvalue weighted by Crippen LogP contribution is -2.32. The topological polar surface area (TPSA) is 71.4 Å². The van der Waals surface area contributed by atoms with Crippen LogP contribution in [0.25, 0.3) is 5.69 Å². The van der Waals surface area contributed by atoms with E-state index in [-0.39, 0.29) is 18.1 Å². The molecule has 3 heterocycles. The number of carbonyl (C=O) groups excluding carboxylic acids is 1. The molecule has 1 saturated heterocycles. The van der Waals surface area contributed by atoms with Crippen molar-refractivity contribution in [2.45, 2.75) is 18.5 Å². The smallest absolute Gasteiger partial charge is 0.337 e. The molecule has 0 spiro atoms. The number of hydrogen-bond donors (Lipinski definition) is 2. The number of nitrogens with zero attached hydrogens (tertiary/aromatic N) is 3. The number of anilines is 1. The Morgan fingerprint density at radius 2 is 1.89 bits per heavy atom. The molecule has 1 fully saturated rings. The molecule has 1 aliphatic rings. The Morgan fingerprint density at radius 1 is 1.05 bits per heavy atom. The number of pyridine rings is 1. The van der Waals surface area contributed by atoms with Crippen molar-refractivity contribution in [3.63, 3.8) is 0 Å². The van der Waals surface area contributed by atoms with E-state index in [2.05, 4.69) is 43.3 Å². The first-order valence-corrected chi connectivity index (χ1v) is 12.7. The minimum absolute atomic E-state index is 0.0871. The summed E-state index contributed by atoms with van der Waals surface area (Å²) in [6.07, 6.45) is 4.72. The molecule has 0 bridgehead atoms. The molecule has 37 heavy (non-hydrogen) atoms. The van der Waals surface area contributed by atoms with Gasteiger partial charge in [0.05, 0.1) is 30.5 Å². The normalized spacial score (nSPS) is 16.9. The van der Waals surface area contributed by atoms with Crippen LogP contribution in [0.3, 0.4) is 0 Å². The van der Waals surface area contributed by atoms with Gasteiger partial charge >= 0.3 is 5.97 Å². The molecule has 0 radical (unpaired) electrons. The molecule has 2 aromatic carbocycles. The quantitative estimate of drug-likeness (QED) is 0.183. The number of carbonyl (C=O) groups is 1. The van der Waals surface area contributed by atoms with Crippen LogP contribution in [0.1, 0.15) is 40.3 Å². The number of aromatic nitrogens is 2. The summed E-state index contributed by atoms with van der Waals surface area (Å²) in [7, 11) is 1.39. The van der Waals surface area contributed by atoms with Crippen molar-refractivity contribution in [2.24, 2.45) is 0 Å². The van der Waals surface area contributed by atoms with Gasteiger partial charge < -0.3 is 24.8 Å². The Kier molecular flexibility index (Phi) is 7.46. The fourth-order valence-electron chi connectivity index (χ4n) is 4.78. The fourth-order valence-corrected chi connectivity index (χ4v) is 5.11. The maximum absolute atomic E-state index is 12.2. The molecule has 0 unspecified atom stereocenters. The van der Waals surface area contributed by atoms with Gasteiger partial charge in [0.15, 0.2) is 5.11 Å². The second kappa shape index (κ2) is 11.3. The van der Waals surface area contributed by atoms with Crippen LogP contribution in [0.5, 0.6) is 0 Å². The molecular weight excluding hydrogens is 482 g/mol. The highest BCUT2D eigenvalue weighted by molar-refractivity contribution is 7.80. The Balaban J connectivity index is 1.44. The standard InChI is InChI=1S/C29H29N5O2S/c1-36-28(35)21-10-7-13-23(20-21)33-18-8-15-25(33)27-26(24-14-5-6-16-31-24)32-29(37)34(27)19-9-17-30-22-11-3-2-4-12-22/h2-8,10-16,18,20,26-27,30H,9,17,19H2,1H3,(H,32,37)/t26-,27-/m0/s1. The summed E-state index contributed by atoms with van der Waals surface area (Å²) in [5.41, 5.74) is 4.47. The van der Waals surface area contributed by atoms with Crippen LogP contribution in [0.2, 0.25) is 0 Å². The summed E-state index contributed by atoms with van der Waals surface area (Å²) in [5.74, 6) is -0.363. The zero-order chi connectivity index (χ0) is 25.6. The molecule has 0 aliphatic carbocycles. The van der Waals surface area contributed by atoms with Crippen molar-refractivity contribution in [1.29, 1.82) is 0 Å². The number of rotatable bonds is 9. The van der Waals surface area contributed by atoms with E-state index in [9.17, 15) is 4.79 Å². The van der Waals surface area contributed by atoms with Crippen molar-refractivity contribution >= 4 is 29.0 Å². The van der Waals surface area contributed by atoms with E-state index in [1.54, 1.807) is 6.07 Å². The molecule has 188 valence electrons. The Morgan fingerprint density at radius 3 is 2.68 bits per heavy atom. The van der Waals surface area contributed by atoms with E-state index < -0.39 is 0 Å². The lowest BCUT2D eigenvalue weighted by molar-refractivity contribution is 0.0600. The molecule has 7 nitrogen and oxygen atoms in total. The maximum Gasteiger partial charge on any atom is 0.337 e.